The molecule has 0 fully saturated rings. The lowest BCUT2D eigenvalue weighted by Gasteiger charge is -2.08. The van der Waals surface area contributed by atoms with E-state index in [1.165, 1.54) is 30.4 Å². The Kier molecular flexibility index (Phi) is 4.92. The topological polar surface area (TPSA) is 39.2 Å². The molecule has 0 aliphatic heterocycles. The van der Waals surface area contributed by atoms with Crippen molar-refractivity contribution in [1.82, 2.24) is 4.98 Å². The molecule has 3 nitrogen and oxygen atoms in total. The smallest absolute Gasteiger partial charge is 0.163 e. The van der Waals surface area contributed by atoms with E-state index in [2.05, 4.69) is 4.98 Å². The van der Waals surface area contributed by atoms with E-state index in [1.807, 2.05) is 5.38 Å². The second-order valence-corrected chi connectivity index (χ2v) is 6.43. The first-order valence-corrected chi connectivity index (χ1v) is 8.42. The van der Waals surface area contributed by atoms with Crippen LogP contribution in [0.15, 0.2) is 47.8 Å². The lowest BCUT2D eigenvalue weighted by atomic mass is 10.1. The molecular weight excluding hydrogens is 349 g/mol. The minimum atomic E-state index is -0.279. The third-order valence-electron chi connectivity index (χ3n) is 3.34. The molecule has 0 spiro atoms. The monoisotopic (exact) mass is 361 g/mol. The van der Waals surface area contributed by atoms with Crippen molar-refractivity contribution in [2.45, 2.75) is 13.5 Å². The summed E-state index contributed by atoms with van der Waals surface area (Å²) in [5.41, 5.74) is 2.03. The molecular formula is C18H13ClFNO2S. The van der Waals surface area contributed by atoms with Gasteiger partial charge in [-0.15, -0.1) is 11.3 Å². The Hall–Kier alpha value is -2.24. The minimum absolute atomic E-state index is 0.113. The fraction of sp³-hybridized carbons (Fsp3) is 0.111. The second kappa shape index (κ2) is 7.11. The van der Waals surface area contributed by atoms with E-state index in [0.717, 1.165) is 16.3 Å². The maximum atomic E-state index is 13.0. The summed E-state index contributed by atoms with van der Waals surface area (Å²) in [4.78, 5) is 16.1. The van der Waals surface area contributed by atoms with Crippen molar-refractivity contribution >= 4 is 28.7 Å². The van der Waals surface area contributed by atoms with Crippen molar-refractivity contribution in [1.29, 1.82) is 0 Å². The van der Waals surface area contributed by atoms with Crippen molar-refractivity contribution in [3.63, 3.8) is 0 Å². The summed E-state index contributed by atoms with van der Waals surface area (Å²) in [5, 5.41) is 3.15. The van der Waals surface area contributed by atoms with Gasteiger partial charge in [0, 0.05) is 16.0 Å². The second-order valence-electron chi connectivity index (χ2n) is 5.14. The average molecular weight is 362 g/mol. The molecule has 0 aliphatic rings. The number of Topliss-reactive ketones (excluding diaryl/α,β-unsaturated/α-hetero) is 1. The Morgan fingerprint density at radius 2 is 2.00 bits per heavy atom. The summed E-state index contributed by atoms with van der Waals surface area (Å²) >= 11 is 7.37. The van der Waals surface area contributed by atoms with E-state index in [0.29, 0.717) is 16.3 Å². The molecule has 0 atom stereocenters. The number of hydrogen-bond acceptors (Lipinski definition) is 4. The summed E-state index contributed by atoms with van der Waals surface area (Å²) in [7, 11) is 0. The van der Waals surface area contributed by atoms with Gasteiger partial charge in [-0.25, -0.2) is 9.37 Å². The number of nitrogens with zero attached hydrogens (tertiary/aromatic N) is 1. The van der Waals surface area contributed by atoms with Crippen LogP contribution < -0.4 is 4.74 Å². The Morgan fingerprint density at radius 1 is 1.25 bits per heavy atom. The first-order valence-electron chi connectivity index (χ1n) is 7.16. The maximum absolute atomic E-state index is 13.0. The zero-order valence-corrected chi connectivity index (χ0v) is 14.3. The van der Waals surface area contributed by atoms with Crippen LogP contribution in [-0.4, -0.2) is 10.8 Å². The summed E-state index contributed by atoms with van der Waals surface area (Å²) in [6.07, 6.45) is 0. The van der Waals surface area contributed by atoms with Gasteiger partial charge in [-0.3, -0.25) is 4.79 Å². The highest BCUT2D eigenvalue weighted by Crippen LogP contribution is 2.27. The lowest BCUT2D eigenvalue weighted by molar-refractivity contribution is 0.101. The van der Waals surface area contributed by atoms with Crippen LogP contribution >= 0.6 is 22.9 Å². The number of carbonyl (C=O) groups excluding carboxylic acids is 1. The Bertz CT molecular complexity index is 877. The Balaban J connectivity index is 1.74. The zero-order chi connectivity index (χ0) is 17.1. The number of aromatic nitrogens is 1. The van der Waals surface area contributed by atoms with Crippen LogP contribution in [0.3, 0.4) is 0 Å². The predicted molar refractivity (Wildman–Crippen MR) is 93.3 cm³/mol. The lowest BCUT2D eigenvalue weighted by Crippen LogP contribution is -2.02. The molecule has 24 heavy (non-hydrogen) atoms. The first-order chi connectivity index (χ1) is 11.5. The molecule has 0 radical (unpaired) electrons. The molecule has 122 valence electrons. The minimum Gasteiger partial charge on any atom is -0.487 e. The summed E-state index contributed by atoms with van der Waals surface area (Å²) in [6.45, 7) is 1.70. The first kappa shape index (κ1) is 16.6. The van der Waals surface area contributed by atoms with Crippen molar-refractivity contribution < 1.29 is 13.9 Å². The fourth-order valence-electron chi connectivity index (χ4n) is 2.15. The number of benzene rings is 2. The van der Waals surface area contributed by atoms with E-state index in [-0.39, 0.29) is 18.2 Å². The number of hydrogen-bond donors (Lipinski definition) is 0. The van der Waals surface area contributed by atoms with Crippen LogP contribution in [0.25, 0.3) is 10.6 Å². The van der Waals surface area contributed by atoms with E-state index in [4.69, 9.17) is 16.3 Å². The van der Waals surface area contributed by atoms with Crippen LogP contribution in [0, 0.1) is 5.82 Å². The van der Waals surface area contributed by atoms with Gasteiger partial charge in [-0.05, 0) is 49.4 Å². The normalized spacial score (nSPS) is 10.6. The van der Waals surface area contributed by atoms with Gasteiger partial charge < -0.3 is 4.74 Å². The van der Waals surface area contributed by atoms with Gasteiger partial charge >= 0.3 is 0 Å². The number of carbonyl (C=O) groups is 1. The molecule has 0 bridgehead atoms. The molecule has 0 unspecified atom stereocenters. The van der Waals surface area contributed by atoms with Crippen LogP contribution in [0.1, 0.15) is 23.0 Å². The van der Waals surface area contributed by atoms with Crippen LogP contribution in [0.5, 0.6) is 5.75 Å². The van der Waals surface area contributed by atoms with Gasteiger partial charge in [-0.2, -0.15) is 0 Å². The molecule has 6 heteroatoms. The average Bonchev–Trinajstić information content (AvgIpc) is 3.03. The quantitative estimate of drug-likeness (QED) is 0.572. The molecule has 2 aromatic carbocycles. The van der Waals surface area contributed by atoms with E-state index >= 15 is 0 Å². The standard InChI is InChI=1S/C18H13ClFNO2S/c1-11(22)16-8-13(19)4-7-17(16)23-9-15-10-24-18(21-15)12-2-5-14(20)6-3-12/h2-8,10H,9H2,1H3. The highest BCUT2D eigenvalue weighted by molar-refractivity contribution is 7.13. The van der Waals surface area contributed by atoms with E-state index in [1.54, 1.807) is 30.3 Å². The van der Waals surface area contributed by atoms with Gasteiger partial charge in [0.05, 0.1) is 11.3 Å². The number of ketones is 1. The number of halogens is 2. The SMILES string of the molecule is CC(=O)c1cc(Cl)ccc1OCc1csc(-c2ccc(F)cc2)n1. The molecule has 0 aliphatic carbocycles. The molecule has 1 aromatic heterocycles. The van der Waals surface area contributed by atoms with Crippen LogP contribution in [0.4, 0.5) is 4.39 Å². The molecule has 3 aromatic rings. The third kappa shape index (κ3) is 3.80. The number of rotatable bonds is 5. The highest BCUT2D eigenvalue weighted by Gasteiger charge is 2.11. The zero-order valence-electron chi connectivity index (χ0n) is 12.8. The van der Waals surface area contributed by atoms with E-state index in [9.17, 15) is 9.18 Å². The van der Waals surface area contributed by atoms with Gasteiger partial charge in [-0.1, -0.05) is 11.6 Å². The van der Waals surface area contributed by atoms with Gasteiger partial charge in [0.15, 0.2) is 5.78 Å². The van der Waals surface area contributed by atoms with Gasteiger partial charge in [0.1, 0.15) is 23.2 Å². The van der Waals surface area contributed by atoms with Crippen molar-refractivity contribution in [2.75, 3.05) is 0 Å². The largest absolute Gasteiger partial charge is 0.487 e. The molecule has 0 saturated heterocycles. The molecule has 1 heterocycles. The van der Waals surface area contributed by atoms with Crippen molar-refractivity contribution in [3.05, 3.63) is 69.9 Å². The van der Waals surface area contributed by atoms with Crippen LogP contribution in [-0.2, 0) is 6.61 Å². The molecule has 0 N–H and O–H groups in total. The molecule has 0 saturated carbocycles. The Labute approximate surface area is 147 Å². The summed E-state index contributed by atoms with van der Waals surface area (Å²) in [5.74, 6) is 0.0828. The van der Waals surface area contributed by atoms with Crippen LogP contribution in [0.2, 0.25) is 5.02 Å². The van der Waals surface area contributed by atoms with Gasteiger partial charge in [0.2, 0.25) is 0 Å². The third-order valence-corrected chi connectivity index (χ3v) is 4.51. The molecule has 0 amide bonds. The summed E-state index contributed by atoms with van der Waals surface area (Å²) in [6, 6.07) is 11.1. The van der Waals surface area contributed by atoms with Crippen molar-refractivity contribution in [2.24, 2.45) is 0 Å². The predicted octanol–water partition coefficient (Wildman–Crippen LogP) is 5.38. The summed E-state index contributed by atoms with van der Waals surface area (Å²) < 4.78 is 18.7. The van der Waals surface area contributed by atoms with Gasteiger partial charge in [0.25, 0.3) is 0 Å². The fourth-order valence-corrected chi connectivity index (χ4v) is 3.14. The Morgan fingerprint density at radius 3 is 2.71 bits per heavy atom. The van der Waals surface area contributed by atoms with E-state index < -0.39 is 0 Å². The number of ether oxygens (including phenoxy) is 1. The van der Waals surface area contributed by atoms with Crippen molar-refractivity contribution in [3.8, 4) is 16.3 Å². The maximum Gasteiger partial charge on any atom is 0.163 e. The molecule has 3 rings (SSSR count). The highest BCUT2D eigenvalue weighted by atomic mass is 35.5. The number of thiazole rings is 1.